The number of rotatable bonds is 1. The average Bonchev–Trinajstić information content (AvgIpc) is 3.16. The molecule has 4 nitrogen and oxygen atoms in total. The normalized spacial score (nSPS) is 54.6. The number of carbonyl (C=O) groups is 1. The minimum absolute atomic E-state index is 0.126. The smallest absolute Gasteiger partial charge is 0.331 e. The standard InChI is InChI=1S/C23H34O4/c1-21-8-5-16(24)12-15(21)3-4-19-18(21)6-9-22(2)17(7-10-23(19,22)26)14-11-20(25)27-13-14/h11,15-19,24,26H,3-10,12-13H2,1-2H3/t15?,16?,17-,18-,19+,21?,22?,23?/m0/s1. The molecule has 27 heavy (non-hydrogen) atoms. The highest BCUT2D eigenvalue weighted by atomic mass is 16.5. The van der Waals surface area contributed by atoms with Gasteiger partial charge < -0.3 is 14.9 Å². The number of carbonyl (C=O) groups excluding carboxylic acids is 1. The average molecular weight is 375 g/mol. The van der Waals surface area contributed by atoms with Crippen molar-refractivity contribution in [2.75, 3.05) is 6.61 Å². The number of aliphatic hydroxyl groups is 2. The number of aliphatic hydroxyl groups excluding tert-OH is 1. The fraction of sp³-hybridized carbons (Fsp3) is 0.870. The summed E-state index contributed by atoms with van der Waals surface area (Å²) in [6.45, 7) is 5.15. The Morgan fingerprint density at radius 1 is 1.04 bits per heavy atom. The first kappa shape index (κ1) is 18.2. The van der Waals surface area contributed by atoms with Crippen LogP contribution >= 0.6 is 0 Å². The van der Waals surface area contributed by atoms with Gasteiger partial charge in [0.1, 0.15) is 6.61 Å². The van der Waals surface area contributed by atoms with Crippen molar-refractivity contribution in [1.29, 1.82) is 0 Å². The maximum atomic E-state index is 12.1. The molecule has 2 N–H and O–H groups in total. The summed E-state index contributed by atoms with van der Waals surface area (Å²) in [5.41, 5.74) is 0.600. The number of cyclic esters (lactones) is 1. The van der Waals surface area contributed by atoms with Gasteiger partial charge in [0.2, 0.25) is 0 Å². The van der Waals surface area contributed by atoms with E-state index in [0.29, 0.717) is 24.4 Å². The van der Waals surface area contributed by atoms with Gasteiger partial charge in [-0.25, -0.2) is 4.79 Å². The number of fused-ring (bicyclic) bond motifs is 5. The third-order valence-corrected chi connectivity index (χ3v) is 9.96. The Kier molecular flexibility index (Phi) is 3.92. The first-order valence-electron chi connectivity index (χ1n) is 11.1. The third-order valence-electron chi connectivity index (χ3n) is 9.96. The molecule has 5 aliphatic rings. The minimum Gasteiger partial charge on any atom is -0.458 e. The molecule has 0 aromatic carbocycles. The molecule has 150 valence electrons. The fourth-order valence-electron chi connectivity index (χ4n) is 8.39. The molecule has 4 saturated carbocycles. The Morgan fingerprint density at radius 2 is 1.85 bits per heavy atom. The summed E-state index contributed by atoms with van der Waals surface area (Å²) in [6, 6.07) is 0. The molecule has 0 amide bonds. The van der Waals surface area contributed by atoms with Gasteiger partial charge in [-0.05, 0) is 92.4 Å². The van der Waals surface area contributed by atoms with E-state index in [1.165, 1.54) is 6.42 Å². The zero-order chi connectivity index (χ0) is 19.0. The van der Waals surface area contributed by atoms with Crippen LogP contribution in [0.2, 0.25) is 0 Å². The van der Waals surface area contributed by atoms with E-state index >= 15 is 0 Å². The lowest BCUT2D eigenvalue weighted by molar-refractivity contribution is -0.208. The molecular weight excluding hydrogens is 340 g/mol. The second-order valence-corrected chi connectivity index (χ2v) is 10.7. The molecule has 0 bridgehead atoms. The van der Waals surface area contributed by atoms with Gasteiger partial charge in [-0.2, -0.15) is 0 Å². The van der Waals surface area contributed by atoms with Crippen LogP contribution in [0.5, 0.6) is 0 Å². The lowest BCUT2D eigenvalue weighted by atomic mass is 9.43. The van der Waals surface area contributed by atoms with Gasteiger partial charge in [0.05, 0.1) is 11.7 Å². The second kappa shape index (κ2) is 5.82. The fourth-order valence-corrected chi connectivity index (χ4v) is 8.39. The molecule has 8 atom stereocenters. The van der Waals surface area contributed by atoms with Crippen LogP contribution in [0.25, 0.3) is 0 Å². The van der Waals surface area contributed by atoms with Crippen LogP contribution in [0.3, 0.4) is 0 Å². The highest BCUT2D eigenvalue weighted by Gasteiger charge is 2.67. The number of hydrogen-bond acceptors (Lipinski definition) is 4. The van der Waals surface area contributed by atoms with Crippen molar-refractivity contribution in [1.82, 2.24) is 0 Å². The van der Waals surface area contributed by atoms with E-state index in [2.05, 4.69) is 13.8 Å². The van der Waals surface area contributed by atoms with Gasteiger partial charge in [0, 0.05) is 11.5 Å². The maximum Gasteiger partial charge on any atom is 0.331 e. The Labute approximate surface area is 162 Å². The van der Waals surface area contributed by atoms with Crippen molar-refractivity contribution >= 4 is 5.97 Å². The van der Waals surface area contributed by atoms with Gasteiger partial charge in [-0.15, -0.1) is 0 Å². The van der Waals surface area contributed by atoms with Crippen LogP contribution in [0.4, 0.5) is 0 Å². The van der Waals surface area contributed by atoms with E-state index in [1.807, 2.05) is 0 Å². The van der Waals surface area contributed by atoms with Crippen molar-refractivity contribution in [2.45, 2.75) is 83.3 Å². The second-order valence-electron chi connectivity index (χ2n) is 10.7. The molecule has 1 aliphatic heterocycles. The molecule has 0 spiro atoms. The summed E-state index contributed by atoms with van der Waals surface area (Å²) in [4.78, 5) is 11.6. The van der Waals surface area contributed by atoms with E-state index in [0.717, 1.165) is 56.9 Å². The minimum atomic E-state index is -0.628. The van der Waals surface area contributed by atoms with Crippen molar-refractivity contribution < 1.29 is 19.7 Å². The molecule has 0 radical (unpaired) electrons. The molecule has 1 heterocycles. The number of hydrogen-bond donors (Lipinski definition) is 2. The molecule has 0 saturated heterocycles. The molecule has 4 fully saturated rings. The number of esters is 1. The molecular formula is C23H34O4. The summed E-state index contributed by atoms with van der Waals surface area (Å²) in [5, 5.41) is 22.3. The number of ether oxygens (including phenoxy) is 1. The monoisotopic (exact) mass is 374 g/mol. The lowest BCUT2D eigenvalue weighted by Crippen LogP contribution is -2.62. The topological polar surface area (TPSA) is 66.8 Å². The highest BCUT2D eigenvalue weighted by Crippen LogP contribution is 2.69. The summed E-state index contributed by atoms with van der Waals surface area (Å²) in [6.07, 6.45) is 10.8. The van der Waals surface area contributed by atoms with Gasteiger partial charge >= 0.3 is 5.97 Å². The van der Waals surface area contributed by atoms with Crippen molar-refractivity contribution in [2.24, 2.45) is 34.5 Å². The van der Waals surface area contributed by atoms with E-state index in [1.54, 1.807) is 6.08 Å². The van der Waals surface area contributed by atoms with Gasteiger partial charge in [-0.3, -0.25) is 0 Å². The van der Waals surface area contributed by atoms with Gasteiger partial charge in [-0.1, -0.05) is 13.8 Å². The van der Waals surface area contributed by atoms with E-state index in [-0.39, 0.29) is 28.8 Å². The highest BCUT2D eigenvalue weighted by molar-refractivity contribution is 5.85. The van der Waals surface area contributed by atoms with Crippen LogP contribution < -0.4 is 0 Å². The molecule has 4 aliphatic carbocycles. The van der Waals surface area contributed by atoms with Gasteiger partial charge in [0.25, 0.3) is 0 Å². The van der Waals surface area contributed by atoms with Crippen molar-refractivity contribution in [3.8, 4) is 0 Å². The first-order valence-corrected chi connectivity index (χ1v) is 11.1. The molecule has 5 unspecified atom stereocenters. The van der Waals surface area contributed by atoms with Crippen LogP contribution in [0, 0.1) is 34.5 Å². The van der Waals surface area contributed by atoms with Crippen molar-refractivity contribution in [3.05, 3.63) is 11.6 Å². The predicted octanol–water partition coefficient (Wildman–Crippen LogP) is 3.60. The summed E-state index contributed by atoms with van der Waals surface area (Å²) >= 11 is 0. The summed E-state index contributed by atoms with van der Waals surface area (Å²) in [7, 11) is 0. The Hall–Kier alpha value is -0.870. The van der Waals surface area contributed by atoms with Crippen molar-refractivity contribution in [3.63, 3.8) is 0 Å². The van der Waals surface area contributed by atoms with E-state index in [9.17, 15) is 15.0 Å². The summed E-state index contributed by atoms with van der Waals surface area (Å²) < 4.78 is 5.20. The Bertz CT molecular complexity index is 686. The first-order chi connectivity index (χ1) is 12.8. The quantitative estimate of drug-likeness (QED) is 0.688. The molecule has 4 heteroatoms. The lowest BCUT2D eigenvalue weighted by Gasteiger charge is -2.63. The van der Waals surface area contributed by atoms with E-state index in [4.69, 9.17) is 4.74 Å². The zero-order valence-electron chi connectivity index (χ0n) is 16.7. The Balaban J connectivity index is 1.47. The third kappa shape index (κ3) is 2.32. The molecule has 5 rings (SSSR count). The van der Waals surface area contributed by atoms with E-state index < -0.39 is 5.60 Å². The predicted molar refractivity (Wildman–Crippen MR) is 102 cm³/mol. The maximum absolute atomic E-state index is 12.1. The largest absolute Gasteiger partial charge is 0.458 e. The molecule has 0 aromatic rings. The van der Waals surface area contributed by atoms with Crippen LogP contribution in [-0.2, 0) is 9.53 Å². The SMILES string of the molecule is CC12CCC(O)CC1CC[C@@H]1[C@@H]2CCC2(C)[C@H](C3=CC(=O)OC3)CCC12O. The van der Waals surface area contributed by atoms with Crippen LogP contribution in [0.15, 0.2) is 11.6 Å². The molecule has 0 aromatic heterocycles. The Morgan fingerprint density at radius 3 is 2.59 bits per heavy atom. The summed E-state index contributed by atoms with van der Waals surface area (Å²) in [5.74, 6) is 1.59. The van der Waals surface area contributed by atoms with Crippen LogP contribution in [-0.4, -0.2) is 34.5 Å². The zero-order valence-corrected chi connectivity index (χ0v) is 16.7. The van der Waals surface area contributed by atoms with Crippen LogP contribution in [0.1, 0.15) is 71.6 Å². The van der Waals surface area contributed by atoms with Gasteiger partial charge in [0.15, 0.2) is 0 Å².